The summed E-state index contributed by atoms with van der Waals surface area (Å²) in [6, 6.07) is 0.478. The number of likely N-dealkylation sites (N-methyl/N-ethyl adjacent to an activating group) is 1. The van der Waals surface area contributed by atoms with Gasteiger partial charge in [-0.2, -0.15) is 0 Å². The maximum Gasteiger partial charge on any atom is 0.251 e. The van der Waals surface area contributed by atoms with Crippen molar-refractivity contribution in [3.8, 4) is 0 Å². The van der Waals surface area contributed by atoms with Crippen LogP contribution in [0.3, 0.4) is 0 Å². The normalized spacial score (nSPS) is 28.2. The SMILES string of the molecule is CN(C(=O)C1CCCO1)C1CCCC1. The standard InChI is InChI=1S/C11H19NO2/c1-12(9-5-2-3-6-9)11(13)10-7-4-8-14-10/h9-10H,2-8H2,1H3. The largest absolute Gasteiger partial charge is 0.368 e. The highest BCUT2D eigenvalue weighted by Crippen LogP contribution is 2.24. The molecule has 1 aliphatic carbocycles. The Labute approximate surface area is 85.4 Å². The Morgan fingerprint density at radius 3 is 2.50 bits per heavy atom. The van der Waals surface area contributed by atoms with Crippen LogP contribution in [0.15, 0.2) is 0 Å². The molecule has 1 saturated carbocycles. The van der Waals surface area contributed by atoms with Crippen LogP contribution in [0.4, 0.5) is 0 Å². The number of rotatable bonds is 2. The first kappa shape index (κ1) is 9.97. The third-order valence-electron chi connectivity index (χ3n) is 3.43. The number of ether oxygens (including phenoxy) is 1. The molecule has 2 fully saturated rings. The van der Waals surface area contributed by atoms with Gasteiger partial charge in [0.2, 0.25) is 0 Å². The van der Waals surface area contributed by atoms with E-state index in [0.29, 0.717) is 6.04 Å². The van der Waals surface area contributed by atoms with Crippen molar-refractivity contribution in [2.45, 2.75) is 50.7 Å². The Bertz CT molecular complexity index is 205. The molecule has 1 atom stereocenters. The first-order valence-corrected chi connectivity index (χ1v) is 5.67. The van der Waals surface area contributed by atoms with Crippen LogP contribution in [0.5, 0.6) is 0 Å². The van der Waals surface area contributed by atoms with Crippen molar-refractivity contribution in [2.75, 3.05) is 13.7 Å². The number of amides is 1. The van der Waals surface area contributed by atoms with Crippen LogP contribution in [0.1, 0.15) is 38.5 Å². The predicted octanol–water partition coefficient (Wildman–Crippen LogP) is 1.57. The summed E-state index contributed by atoms with van der Waals surface area (Å²) >= 11 is 0. The zero-order valence-electron chi connectivity index (χ0n) is 8.87. The Balaban J connectivity index is 1.89. The summed E-state index contributed by atoms with van der Waals surface area (Å²) in [7, 11) is 1.93. The quantitative estimate of drug-likeness (QED) is 0.672. The van der Waals surface area contributed by atoms with Gasteiger partial charge in [0.15, 0.2) is 0 Å². The van der Waals surface area contributed by atoms with E-state index in [9.17, 15) is 4.79 Å². The Kier molecular flexibility index (Phi) is 3.06. The van der Waals surface area contributed by atoms with Crippen LogP contribution in [0.25, 0.3) is 0 Å². The molecule has 3 nitrogen and oxygen atoms in total. The number of carbonyl (C=O) groups excluding carboxylic acids is 1. The lowest BCUT2D eigenvalue weighted by atomic mass is 10.1. The van der Waals surface area contributed by atoms with E-state index in [0.717, 1.165) is 19.4 Å². The van der Waals surface area contributed by atoms with Crippen molar-refractivity contribution in [1.82, 2.24) is 4.90 Å². The molecular formula is C11H19NO2. The van der Waals surface area contributed by atoms with Gasteiger partial charge in [-0.1, -0.05) is 12.8 Å². The van der Waals surface area contributed by atoms with E-state index in [4.69, 9.17) is 4.74 Å². The van der Waals surface area contributed by atoms with Crippen molar-refractivity contribution in [3.63, 3.8) is 0 Å². The minimum atomic E-state index is -0.138. The molecule has 2 rings (SSSR count). The molecule has 1 saturated heterocycles. The molecule has 0 aromatic carbocycles. The molecule has 0 bridgehead atoms. The lowest BCUT2D eigenvalue weighted by molar-refractivity contribution is -0.141. The lowest BCUT2D eigenvalue weighted by Gasteiger charge is -2.26. The smallest absolute Gasteiger partial charge is 0.251 e. The van der Waals surface area contributed by atoms with Gasteiger partial charge in [0.1, 0.15) is 6.10 Å². The van der Waals surface area contributed by atoms with Crippen LogP contribution >= 0.6 is 0 Å². The molecule has 80 valence electrons. The molecule has 1 unspecified atom stereocenters. The van der Waals surface area contributed by atoms with Gasteiger partial charge >= 0.3 is 0 Å². The Morgan fingerprint density at radius 2 is 1.93 bits per heavy atom. The van der Waals surface area contributed by atoms with E-state index < -0.39 is 0 Å². The molecule has 0 spiro atoms. The van der Waals surface area contributed by atoms with Crippen LogP contribution in [-0.2, 0) is 9.53 Å². The van der Waals surface area contributed by atoms with E-state index >= 15 is 0 Å². The topological polar surface area (TPSA) is 29.5 Å². The van der Waals surface area contributed by atoms with Gasteiger partial charge in [-0.3, -0.25) is 4.79 Å². The zero-order valence-corrected chi connectivity index (χ0v) is 8.87. The van der Waals surface area contributed by atoms with Crippen molar-refractivity contribution in [2.24, 2.45) is 0 Å². The minimum absolute atomic E-state index is 0.138. The van der Waals surface area contributed by atoms with Crippen molar-refractivity contribution < 1.29 is 9.53 Å². The second-order valence-electron chi connectivity index (χ2n) is 4.39. The van der Waals surface area contributed by atoms with Gasteiger partial charge in [-0.15, -0.1) is 0 Å². The van der Waals surface area contributed by atoms with Gasteiger partial charge in [0.05, 0.1) is 0 Å². The molecule has 1 amide bonds. The number of hydrogen-bond donors (Lipinski definition) is 0. The van der Waals surface area contributed by atoms with E-state index in [-0.39, 0.29) is 12.0 Å². The van der Waals surface area contributed by atoms with E-state index in [1.165, 1.54) is 25.7 Å². The molecular weight excluding hydrogens is 178 g/mol. The number of hydrogen-bond acceptors (Lipinski definition) is 2. The third-order valence-corrected chi connectivity index (χ3v) is 3.43. The third kappa shape index (κ3) is 1.92. The highest BCUT2D eigenvalue weighted by atomic mass is 16.5. The molecule has 0 N–H and O–H groups in total. The summed E-state index contributed by atoms with van der Waals surface area (Å²) in [6.45, 7) is 0.759. The van der Waals surface area contributed by atoms with Gasteiger partial charge in [0, 0.05) is 19.7 Å². The Hall–Kier alpha value is -0.570. The van der Waals surface area contributed by atoms with Crippen LogP contribution in [0, 0.1) is 0 Å². The molecule has 0 aromatic rings. The van der Waals surface area contributed by atoms with Gasteiger partial charge in [0.25, 0.3) is 5.91 Å². The second-order valence-corrected chi connectivity index (χ2v) is 4.39. The highest BCUT2D eigenvalue weighted by molar-refractivity contribution is 5.81. The zero-order chi connectivity index (χ0) is 9.97. The van der Waals surface area contributed by atoms with Crippen molar-refractivity contribution >= 4 is 5.91 Å². The first-order valence-electron chi connectivity index (χ1n) is 5.67. The van der Waals surface area contributed by atoms with E-state index in [2.05, 4.69) is 0 Å². The van der Waals surface area contributed by atoms with Crippen molar-refractivity contribution in [3.05, 3.63) is 0 Å². The van der Waals surface area contributed by atoms with Gasteiger partial charge < -0.3 is 9.64 Å². The maximum absolute atomic E-state index is 11.9. The second kappa shape index (κ2) is 4.30. The number of nitrogens with zero attached hydrogens (tertiary/aromatic N) is 1. The molecule has 3 heteroatoms. The van der Waals surface area contributed by atoms with Crippen LogP contribution in [-0.4, -0.2) is 36.6 Å². The average Bonchev–Trinajstić information content (AvgIpc) is 2.87. The van der Waals surface area contributed by atoms with Gasteiger partial charge in [-0.25, -0.2) is 0 Å². The lowest BCUT2D eigenvalue weighted by Crippen LogP contribution is -2.41. The summed E-state index contributed by atoms with van der Waals surface area (Å²) in [5, 5.41) is 0. The monoisotopic (exact) mass is 197 g/mol. The van der Waals surface area contributed by atoms with E-state index in [1.807, 2.05) is 11.9 Å². The van der Waals surface area contributed by atoms with Crippen LogP contribution in [0.2, 0.25) is 0 Å². The molecule has 0 radical (unpaired) electrons. The summed E-state index contributed by atoms with van der Waals surface area (Å²) in [5.41, 5.74) is 0. The molecule has 1 heterocycles. The first-order chi connectivity index (χ1) is 6.79. The van der Waals surface area contributed by atoms with E-state index in [1.54, 1.807) is 0 Å². The molecule has 2 aliphatic rings. The summed E-state index contributed by atoms with van der Waals surface area (Å²) in [4.78, 5) is 13.9. The molecule has 14 heavy (non-hydrogen) atoms. The van der Waals surface area contributed by atoms with Crippen molar-refractivity contribution in [1.29, 1.82) is 0 Å². The highest BCUT2D eigenvalue weighted by Gasteiger charge is 2.30. The fraction of sp³-hybridized carbons (Fsp3) is 0.909. The van der Waals surface area contributed by atoms with Gasteiger partial charge in [-0.05, 0) is 25.7 Å². The predicted molar refractivity (Wildman–Crippen MR) is 54.0 cm³/mol. The maximum atomic E-state index is 11.9. The Morgan fingerprint density at radius 1 is 1.21 bits per heavy atom. The summed E-state index contributed by atoms with van der Waals surface area (Å²) in [5.74, 6) is 0.203. The molecule has 0 aromatic heterocycles. The fourth-order valence-corrected chi connectivity index (χ4v) is 2.47. The summed E-state index contributed by atoms with van der Waals surface area (Å²) in [6.07, 6.45) is 6.71. The molecule has 1 aliphatic heterocycles. The number of carbonyl (C=O) groups is 1. The minimum Gasteiger partial charge on any atom is -0.368 e. The van der Waals surface area contributed by atoms with Crippen LogP contribution < -0.4 is 0 Å². The average molecular weight is 197 g/mol. The summed E-state index contributed by atoms with van der Waals surface area (Å²) < 4.78 is 5.40. The fourth-order valence-electron chi connectivity index (χ4n) is 2.47.